The average molecular weight is 161 g/mol. The highest BCUT2D eigenvalue weighted by Gasteiger charge is 2.03. The molecule has 0 aliphatic rings. The monoisotopic (exact) mass is 161 g/mol. The summed E-state index contributed by atoms with van der Waals surface area (Å²) in [6.07, 6.45) is 6.64. The van der Waals surface area contributed by atoms with Gasteiger partial charge in [-0.2, -0.15) is 0 Å². The second-order valence-electron chi connectivity index (χ2n) is 2.37. The zero-order chi connectivity index (χ0) is 8.55. The number of hydrogen-bond donors (Lipinski definition) is 2. The molecule has 2 heterocycles. The molecule has 0 saturated heterocycles. The summed E-state index contributed by atoms with van der Waals surface area (Å²) in [5, 5.41) is 7.21. The molecular formula is C7H7N5. The van der Waals surface area contributed by atoms with Crippen molar-refractivity contribution in [3.8, 4) is 0 Å². The van der Waals surface area contributed by atoms with Crippen LogP contribution in [0.1, 0.15) is 5.82 Å². The zero-order valence-electron chi connectivity index (χ0n) is 6.23. The number of nitrogen functional groups attached to an aromatic ring is 1. The molecule has 0 spiro atoms. The van der Waals surface area contributed by atoms with E-state index in [0.29, 0.717) is 5.82 Å². The van der Waals surface area contributed by atoms with Crippen LogP contribution >= 0.6 is 0 Å². The lowest BCUT2D eigenvalue weighted by molar-refractivity contribution is 1.08. The van der Waals surface area contributed by atoms with Crippen LogP contribution in [0.4, 0.5) is 0 Å². The van der Waals surface area contributed by atoms with E-state index < -0.39 is 0 Å². The molecule has 3 N–H and O–H groups in total. The first-order valence-electron chi connectivity index (χ1n) is 3.40. The van der Waals surface area contributed by atoms with Crippen LogP contribution in [0.15, 0.2) is 24.8 Å². The maximum atomic E-state index is 7.21. The first-order valence-corrected chi connectivity index (χ1v) is 3.40. The Bertz CT molecular complexity index is 430. The minimum absolute atomic E-state index is 0.0406. The van der Waals surface area contributed by atoms with Crippen LogP contribution in [0.3, 0.4) is 0 Å². The van der Waals surface area contributed by atoms with Gasteiger partial charge in [0.1, 0.15) is 0 Å². The summed E-state index contributed by atoms with van der Waals surface area (Å²) in [5.74, 6) is 0.411. The van der Waals surface area contributed by atoms with E-state index in [2.05, 4.69) is 9.97 Å². The van der Waals surface area contributed by atoms with Gasteiger partial charge in [0, 0.05) is 12.4 Å². The highest BCUT2D eigenvalue weighted by atomic mass is 15.1. The highest BCUT2D eigenvalue weighted by Crippen LogP contribution is 2.02. The summed E-state index contributed by atoms with van der Waals surface area (Å²) in [5.41, 5.74) is 6.14. The lowest BCUT2D eigenvalue weighted by atomic mass is 10.5. The van der Waals surface area contributed by atoms with Crippen LogP contribution in [0.25, 0.3) is 5.52 Å². The van der Waals surface area contributed by atoms with Gasteiger partial charge in [-0.1, -0.05) is 0 Å². The van der Waals surface area contributed by atoms with Crippen molar-refractivity contribution in [1.29, 1.82) is 5.41 Å². The summed E-state index contributed by atoms with van der Waals surface area (Å²) in [6, 6.07) is 0. The molecule has 5 nitrogen and oxygen atoms in total. The molecule has 0 amide bonds. The van der Waals surface area contributed by atoms with Gasteiger partial charge in [0.15, 0.2) is 11.7 Å². The van der Waals surface area contributed by atoms with Crippen molar-refractivity contribution < 1.29 is 0 Å². The molecule has 60 valence electrons. The Hall–Kier alpha value is -1.91. The fourth-order valence-electron chi connectivity index (χ4n) is 1.05. The summed E-state index contributed by atoms with van der Waals surface area (Å²) >= 11 is 0. The third kappa shape index (κ3) is 0.833. The standard InChI is InChI=1S/C7H7N5/c8-6(9)7-11-4-5-3-10-1-2-12(5)7/h1-4H,(H3,8,9). The number of nitrogens with zero attached hydrogens (tertiary/aromatic N) is 3. The highest BCUT2D eigenvalue weighted by molar-refractivity contribution is 5.92. The normalized spacial score (nSPS) is 10.3. The molecule has 0 radical (unpaired) electrons. The molecule has 2 rings (SSSR count). The van der Waals surface area contributed by atoms with Crippen LogP contribution in [-0.2, 0) is 0 Å². The first-order chi connectivity index (χ1) is 5.79. The molecule has 0 atom stereocenters. The van der Waals surface area contributed by atoms with E-state index in [1.165, 1.54) is 0 Å². The Morgan fingerprint density at radius 1 is 1.50 bits per heavy atom. The number of rotatable bonds is 1. The summed E-state index contributed by atoms with van der Waals surface area (Å²) in [4.78, 5) is 7.88. The van der Waals surface area contributed by atoms with Crippen molar-refractivity contribution in [3.05, 3.63) is 30.6 Å². The predicted molar refractivity (Wildman–Crippen MR) is 44.0 cm³/mol. The molecule has 2 aromatic heterocycles. The van der Waals surface area contributed by atoms with E-state index in [4.69, 9.17) is 11.1 Å². The molecule has 0 aliphatic carbocycles. The van der Waals surface area contributed by atoms with E-state index in [-0.39, 0.29) is 5.84 Å². The maximum Gasteiger partial charge on any atom is 0.179 e. The van der Waals surface area contributed by atoms with Gasteiger partial charge in [0.2, 0.25) is 0 Å². The average Bonchev–Trinajstić information content (AvgIpc) is 2.47. The quantitative estimate of drug-likeness (QED) is 0.456. The van der Waals surface area contributed by atoms with E-state index in [9.17, 15) is 0 Å². The Balaban J connectivity index is 2.79. The molecule has 0 saturated carbocycles. The van der Waals surface area contributed by atoms with Crippen LogP contribution in [0, 0.1) is 5.41 Å². The summed E-state index contributed by atoms with van der Waals surface area (Å²) < 4.78 is 1.72. The number of fused-ring (bicyclic) bond motifs is 1. The Morgan fingerprint density at radius 2 is 2.33 bits per heavy atom. The summed E-state index contributed by atoms with van der Waals surface area (Å²) in [7, 11) is 0. The molecule has 0 aromatic carbocycles. The molecule has 2 aromatic rings. The van der Waals surface area contributed by atoms with E-state index in [1.54, 1.807) is 29.2 Å². The smallest absolute Gasteiger partial charge is 0.179 e. The number of aromatic nitrogens is 3. The molecule has 0 unspecified atom stereocenters. The van der Waals surface area contributed by atoms with Crippen LogP contribution in [-0.4, -0.2) is 20.2 Å². The fraction of sp³-hybridized carbons (Fsp3) is 0. The molecular weight excluding hydrogens is 154 g/mol. The van der Waals surface area contributed by atoms with E-state index in [0.717, 1.165) is 5.52 Å². The maximum absolute atomic E-state index is 7.21. The van der Waals surface area contributed by atoms with Gasteiger partial charge < -0.3 is 5.73 Å². The molecule has 5 heteroatoms. The zero-order valence-corrected chi connectivity index (χ0v) is 6.23. The summed E-state index contributed by atoms with van der Waals surface area (Å²) in [6.45, 7) is 0. The van der Waals surface area contributed by atoms with Gasteiger partial charge in [-0.15, -0.1) is 0 Å². The van der Waals surface area contributed by atoms with E-state index in [1.807, 2.05) is 0 Å². The van der Waals surface area contributed by atoms with Gasteiger partial charge in [0.05, 0.1) is 17.9 Å². The minimum atomic E-state index is -0.0406. The van der Waals surface area contributed by atoms with Crippen LogP contribution in [0.2, 0.25) is 0 Å². The largest absolute Gasteiger partial charge is 0.381 e. The minimum Gasteiger partial charge on any atom is -0.381 e. The van der Waals surface area contributed by atoms with Gasteiger partial charge in [0.25, 0.3) is 0 Å². The van der Waals surface area contributed by atoms with Crippen molar-refractivity contribution in [1.82, 2.24) is 14.4 Å². The topological polar surface area (TPSA) is 80.1 Å². The fourth-order valence-corrected chi connectivity index (χ4v) is 1.05. The van der Waals surface area contributed by atoms with Crippen molar-refractivity contribution in [3.63, 3.8) is 0 Å². The molecule has 0 aliphatic heterocycles. The molecule has 12 heavy (non-hydrogen) atoms. The number of amidine groups is 1. The number of nitrogens with one attached hydrogen (secondary N) is 1. The van der Waals surface area contributed by atoms with Crippen LogP contribution in [0.5, 0.6) is 0 Å². The first kappa shape index (κ1) is 6.78. The Kier molecular flexibility index (Phi) is 1.30. The predicted octanol–water partition coefficient (Wildman–Crippen LogP) is 0.0134. The van der Waals surface area contributed by atoms with E-state index >= 15 is 0 Å². The lowest BCUT2D eigenvalue weighted by Crippen LogP contribution is -2.15. The second kappa shape index (κ2) is 2.30. The third-order valence-corrected chi connectivity index (χ3v) is 1.57. The third-order valence-electron chi connectivity index (χ3n) is 1.57. The van der Waals surface area contributed by atoms with Gasteiger partial charge >= 0.3 is 0 Å². The number of nitrogens with two attached hydrogens (primary N) is 1. The van der Waals surface area contributed by atoms with Crippen molar-refractivity contribution in [2.24, 2.45) is 5.73 Å². The molecule has 0 bridgehead atoms. The Morgan fingerprint density at radius 3 is 3.08 bits per heavy atom. The van der Waals surface area contributed by atoms with Gasteiger partial charge in [-0.05, 0) is 0 Å². The van der Waals surface area contributed by atoms with Crippen LogP contribution < -0.4 is 5.73 Å². The SMILES string of the molecule is N=C(N)c1ncc2cnccn12. The lowest BCUT2D eigenvalue weighted by Gasteiger charge is -1.95. The second-order valence-corrected chi connectivity index (χ2v) is 2.37. The van der Waals surface area contributed by atoms with Gasteiger partial charge in [-0.3, -0.25) is 14.8 Å². The number of imidazole rings is 1. The van der Waals surface area contributed by atoms with Crippen molar-refractivity contribution in [2.45, 2.75) is 0 Å². The van der Waals surface area contributed by atoms with Gasteiger partial charge in [-0.25, -0.2) is 4.98 Å². The molecule has 0 fully saturated rings. The van der Waals surface area contributed by atoms with Crippen molar-refractivity contribution in [2.75, 3.05) is 0 Å². The Labute approximate surface area is 68.4 Å². The van der Waals surface area contributed by atoms with Crippen molar-refractivity contribution >= 4 is 11.4 Å². The number of hydrogen-bond acceptors (Lipinski definition) is 3.